The third-order valence-electron chi connectivity index (χ3n) is 4.95. The number of carboxylic acid groups (broad SMARTS) is 2. The van der Waals surface area contributed by atoms with Gasteiger partial charge in [-0.2, -0.15) is 0 Å². The monoisotopic (exact) mass is 403 g/mol. The second-order valence-electron chi connectivity index (χ2n) is 6.96. The molecule has 28 heavy (non-hydrogen) atoms. The molecule has 1 unspecified atom stereocenters. The summed E-state index contributed by atoms with van der Waals surface area (Å²) in [6.45, 7) is 9.35. The number of aliphatic hydroxyl groups excluding tert-OH is 1. The minimum Gasteiger partial charge on any atom is -0.483 e. The minimum absolute atomic E-state index is 0.234. The maximum absolute atomic E-state index is 12.3. The fourth-order valence-electron chi connectivity index (χ4n) is 3.45. The topological polar surface area (TPSA) is 122 Å². The highest BCUT2D eigenvalue weighted by atomic mass is 16.3. The van der Waals surface area contributed by atoms with E-state index >= 15 is 0 Å². The third kappa shape index (κ3) is 12.6. The molecule has 2 aliphatic heterocycles. The average Bonchev–Trinajstić information content (AvgIpc) is 3.08. The van der Waals surface area contributed by atoms with Crippen LogP contribution in [0.25, 0.3) is 0 Å². The number of carbonyl (C=O) groups excluding carboxylic acids is 1. The molecule has 164 valence electrons. The maximum atomic E-state index is 12.3. The first-order valence-corrected chi connectivity index (χ1v) is 10.1. The van der Waals surface area contributed by atoms with Crippen LogP contribution in [0.3, 0.4) is 0 Å². The number of hydrogen-bond acceptors (Lipinski definition) is 6. The number of nitrogens with zero attached hydrogens (tertiary/aromatic N) is 3. The van der Waals surface area contributed by atoms with E-state index in [1.807, 2.05) is 11.8 Å². The molecule has 3 N–H and O–H groups in total. The Hall–Kier alpha value is -1.71. The summed E-state index contributed by atoms with van der Waals surface area (Å²) < 4.78 is 0. The summed E-state index contributed by atoms with van der Waals surface area (Å²) >= 11 is 0. The molecule has 2 rings (SSSR count). The normalized spacial score (nSPS) is 18.7. The summed E-state index contributed by atoms with van der Waals surface area (Å²) in [7, 11) is 0. The second kappa shape index (κ2) is 17.4. The predicted octanol–water partition coefficient (Wildman–Crippen LogP) is 0.569. The molecule has 1 atom stereocenters. The van der Waals surface area contributed by atoms with Gasteiger partial charge in [0, 0.05) is 32.6 Å². The Bertz CT molecular complexity index is 412. The van der Waals surface area contributed by atoms with Gasteiger partial charge in [0.25, 0.3) is 12.9 Å². The molecule has 0 saturated carbocycles. The van der Waals surface area contributed by atoms with Crippen molar-refractivity contribution in [3.8, 4) is 0 Å². The Kier molecular flexibility index (Phi) is 16.3. The van der Waals surface area contributed by atoms with Crippen LogP contribution in [0, 0.1) is 0 Å². The van der Waals surface area contributed by atoms with E-state index in [1.165, 1.54) is 25.9 Å². The SMILES string of the molecule is CCC(O)CN1CCCN(C(=O)CCCN2CCCC2)CC1.O=CO.O=CO. The van der Waals surface area contributed by atoms with Gasteiger partial charge in [0.15, 0.2) is 0 Å². The number of likely N-dealkylation sites (tertiary alicyclic amines) is 1. The molecule has 0 aromatic carbocycles. The summed E-state index contributed by atoms with van der Waals surface area (Å²) in [6.07, 6.45) is 5.91. The van der Waals surface area contributed by atoms with Crippen molar-refractivity contribution in [2.24, 2.45) is 0 Å². The van der Waals surface area contributed by atoms with Crippen LogP contribution in [-0.2, 0) is 14.4 Å². The van der Waals surface area contributed by atoms with E-state index in [9.17, 15) is 9.90 Å². The lowest BCUT2D eigenvalue weighted by molar-refractivity contribution is -0.131. The standard InChI is InChI=1S/C17H33N3O2.2CH2O2/c1-2-16(21)15-19-11-6-12-20(14-13-19)17(22)7-5-10-18-8-3-4-9-18;2*2-1-3/h16,21H,2-15H2,1H3;2*1H,(H,2,3). The summed E-state index contributed by atoms with van der Waals surface area (Å²) in [5, 5.41) is 23.5. The average molecular weight is 404 g/mol. The Morgan fingerprint density at radius 1 is 0.929 bits per heavy atom. The first-order valence-electron chi connectivity index (χ1n) is 10.1. The molecule has 0 aromatic rings. The summed E-state index contributed by atoms with van der Waals surface area (Å²) in [5.74, 6) is 0.317. The maximum Gasteiger partial charge on any atom is 0.290 e. The van der Waals surface area contributed by atoms with Gasteiger partial charge in [0.1, 0.15) is 0 Å². The zero-order chi connectivity index (χ0) is 21.2. The number of β-amino-alcohol motifs (C(OH)–C–C–N with tert-alkyl or cyclic N) is 1. The van der Waals surface area contributed by atoms with E-state index in [0.29, 0.717) is 12.3 Å². The Morgan fingerprint density at radius 2 is 1.50 bits per heavy atom. The Morgan fingerprint density at radius 3 is 2.07 bits per heavy atom. The summed E-state index contributed by atoms with van der Waals surface area (Å²) in [6, 6.07) is 0. The molecule has 2 fully saturated rings. The van der Waals surface area contributed by atoms with Crippen molar-refractivity contribution < 1.29 is 29.7 Å². The van der Waals surface area contributed by atoms with Crippen LogP contribution < -0.4 is 0 Å². The lowest BCUT2D eigenvalue weighted by Gasteiger charge is -2.24. The number of amides is 1. The first kappa shape index (κ1) is 26.3. The molecular formula is C19H37N3O6. The molecule has 0 radical (unpaired) electrons. The van der Waals surface area contributed by atoms with Crippen LogP contribution in [0.15, 0.2) is 0 Å². The van der Waals surface area contributed by atoms with Crippen LogP contribution in [-0.4, -0.2) is 107 Å². The molecule has 2 heterocycles. The minimum atomic E-state index is -0.250. The van der Waals surface area contributed by atoms with E-state index in [-0.39, 0.29) is 19.0 Å². The van der Waals surface area contributed by atoms with Gasteiger partial charge in [-0.15, -0.1) is 0 Å². The highest BCUT2D eigenvalue weighted by Gasteiger charge is 2.20. The largest absolute Gasteiger partial charge is 0.483 e. The van der Waals surface area contributed by atoms with E-state index in [0.717, 1.165) is 58.5 Å². The van der Waals surface area contributed by atoms with Gasteiger partial charge in [-0.25, -0.2) is 0 Å². The van der Waals surface area contributed by atoms with E-state index < -0.39 is 0 Å². The number of hydrogen-bond donors (Lipinski definition) is 3. The van der Waals surface area contributed by atoms with Gasteiger partial charge in [0.05, 0.1) is 6.10 Å². The van der Waals surface area contributed by atoms with Crippen molar-refractivity contribution in [3.63, 3.8) is 0 Å². The van der Waals surface area contributed by atoms with Crippen LogP contribution in [0.2, 0.25) is 0 Å². The highest BCUT2D eigenvalue weighted by molar-refractivity contribution is 5.76. The molecule has 0 bridgehead atoms. The van der Waals surface area contributed by atoms with Crippen molar-refractivity contribution in [2.45, 2.75) is 51.6 Å². The van der Waals surface area contributed by atoms with E-state index in [1.54, 1.807) is 0 Å². The van der Waals surface area contributed by atoms with Gasteiger partial charge < -0.3 is 25.1 Å². The number of aliphatic hydroxyl groups is 1. The molecule has 0 aliphatic carbocycles. The molecule has 0 aromatic heterocycles. The quantitative estimate of drug-likeness (QED) is 0.528. The predicted molar refractivity (Wildman–Crippen MR) is 106 cm³/mol. The number of carbonyl (C=O) groups is 3. The summed E-state index contributed by atoms with van der Waals surface area (Å²) in [5.41, 5.74) is 0. The molecular weight excluding hydrogens is 366 g/mol. The fraction of sp³-hybridized carbons (Fsp3) is 0.842. The van der Waals surface area contributed by atoms with E-state index in [4.69, 9.17) is 19.8 Å². The molecule has 2 saturated heterocycles. The lowest BCUT2D eigenvalue weighted by Crippen LogP contribution is -2.37. The zero-order valence-electron chi connectivity index (χ0n) is 17.0. The number of rotatable bonds is 7. The smallest absolute Gasteiger partial charge is 0.290 e. The van der Waals surface area contributed by atoms with Gasteiger partial charge >= 0.3 is 0 Å². The Balaban J connectivity index is 0.00000108. The van der Waals surface area contributed by atoms with Crippen LogP contribution in [0.5, 0.6) is 0 Å². The molecule has 2 aliphatic rings. The van der Waals surface area contributed by atoms with Crippen LogP contribution >= 0.6 is 0 Å². The Labute approximate surface area is 167 Å². The van der Waals surface area contributed by atoms with Gasteiger partial charge in [-0.3, -0.25) is 19.3 Å². The van der Waals surface area contributed by atoms with Gasteiger partial charge in [-0.1, -0.05) is 6.92 Å². The molecule has 0 spiro atoms. The molecule has 9 heteroatoms. The first-order chi connectivity index (χ1) is 13.5. The summed E-state index contributed by atoms with van der Waals surface area (Å²) in [4.78, 5) is 35.9. The van der Waals surface area contributed by atoms with Crippen molar-refractivity contribution in [2.75, 3.05) is 52.4 Å². The van der Waals surface area contributed by atoms with Gasteiger partial charge in [0.2, 0.25) is 5.91 Å². The van der Waals surface area contributed by atoms with Crippen molar-refractivity contribution >= 4 is 18.9 Å². The van der Waals surface area contributed by atoms with Gasteiger partial charge in [-0.05, 0) is 58.3 Å². The second-order valence-corrected chi connectivity index (χ2v) is 6.96. The lowest BCUT2D eigenvalue weighted by atomic mass is 10.2. The van der Waals surface area contributed by atoms with Crippen LogP contribution in [0.1, 0.15) is 45.4 Å². The molecule has 1 amide bonds. The van der Waals surface area contributed by atoms with Crippen LogP contribution in [0.4, 0.5) is 0 Å². The molecule has 9 nitrogen and oxygen atoms in total. The van der Waals surface area contributed by atoms with Crippen molar-refractivity contribution in [3.05, 3.63) is 0 Å². The highest BCUT2D eigenvalue weighted by Crippen LogP contribution is 2.10. The fourth-order valence-corrected chi connectivity index (χ4v) is 3.45. The zero-order valence-corrected chi connectivity index (χ0v) is 17.0. The van der Waals surface area contributed by atoms with E-state index in [2.05, 4.69) is 9.80 Å². The van der Waals surface area contributed by atoms with Crippen molar-refractivity contribution in [1.82, 2.24) is 14.7 Å². The van der Waals surface area contributed by atoms with Crippen molar-refractivity contribution in [1.29, 1.82) is 0 Å². The third-order valence-corrected chi connectivity index (χ3v) is 4.95.